The van der Waals surface area contributed by atoms with E-state index in [9.17, 15) is 14.9 Å². The predicted octanol–water partition coefficient (Wildman–Crippen LogP) is 1.08. The molecular weight excluding hydrogens is 370 g/mol. The summed E-state index contributed by atoms with van der Waals surface area (Å²) in [7, 11) is 0. The molecular formula is C21H25N5O3. The van der Waals surface area contributed by atoms with Crippen LogP contribution in [-0.2, 0) is 9.59 Å². The molecule has 0 bridgehead atoms. The summed E-state index contributed by atoms with van der Waals surface area (Å²) in [5.74, 6) is 3.72. The van der Waals surface area contributed by atoms with Crippen molar-refractivity contribution in [3.63, 3.8) is 0 Å². The topological polar surface area (TPSA) is 98.6 Å². The number of likely N-dealkylation sites (tertiary alicyclic amines) is 1. The summed E-state index contributed by atoms with van der Waals surface area (Å²) in [5.41, 5.74) is -0.198. The average Bonchev–Trinajstić information content (AvgIpc) is 3.16. The number of aromatic nitrogens is 1. The van der Waals surface area contributed by atoms with Crippen LogP contribution in [0.3, 0.4) is 0 Å². The van der Waals surface area contributed by atoms with E-state index in [4.69, 9.17) is 11.2 Å². The molecule has 0 unspecified atom stereocenters. The van der Waals surface area contributed by atoms with Crippen molar-refractivity contribution in [1.29, 1.82) is 5.26 Å². The van der Waals surface area contributed by atoms with E-state index in [1.807, 2.05) is 0 Å². The van der Waals surface area contributed by atoms with Gasteiger partial charge in [0.2, 0.25) is 5.91 Å². The summed E-state index contributed by atoms with van der Waals surface area (Å²) in [6.07, 6.45) is 10.1. The third kappa shape index (κ3) is 4.67. The summed E-state index contributed by atoms with van der Waals surface area (Å²) >= 11 is 0. The predicted molar refractivity (Wildman–Crippen MR) is 107 cm³/mol. The summed E-state index contributed by atoms with van der Waals surface area (Å²) in [6, 6.07) is 4.82. The molecule has 8 nitrogen and oxygen atoms in total. The molecule has 152 valence electrons. The van der Waals surface area contributed by atoms with Crippen LogP contribution in [0.2, 0.25) is 0 Å². The Bertz CT molecular complexity index is 813. The number of nitrogens with one attached hydrogen (secondary N) is 1. The molecule has 3 heterocycles. The maximum absolute atomic E-state index is 12.7. The van der Waals surface area contributed by atoms with Gasteiger partial charge in [0.25, 0.3) is 6.47 Å². The number of carbonyl (C=O) groups excluding carboxylic acids is 2. The summed E-state index contributed by atoms with van der Waals surface area (Å²) in [5, 5.41) is 12.7. The minimum absolute atomic E-state index is 0.124. The fraction of sp³-hybridized carbons (Fsp3) is 0.524. The number of rotatable bonds is 6. The average molecular weight is 395 g/mol. The number of nitrogens with zero attached hydrogens (tertiary/aromatic N) is 4. The molecule has 0 saturated carbocycles. The molecule has 1 aromatic rings. The molecule has 2 saturated heterocycles. The number of ether oxygens (including phenoxy) is 1. The van der Waals surface area contributed by atoms with E-state index < -0.39 is 6.04 Å². The Morgan fingerprint density at radius 3 is 2.83 bits per heavy atom. The molecule has 3 rings (SSSR count). The standard InChI is InChI=1S/C21H25N5O3/c1-3-16-4-5-17(13-22)26(16)20(28)14-24-21(2)7-10-25(11-8-21)19-12-18(29-15-27)6-9-23-19/h1,6,9,12,15-17,24H,4-5,7-8,10-11,14H2,2H3/t16-,17-/m0/s1. The van der Waals surface area contributed by atoms with Gasteiger partial charge in [0.1, 0.15) is 17.6 Å². The largest absolute Gasteiger partial charge is 0.429 e. The molecule has 0 radical (unpaired) electrons. The first-order chi connectivity index (χ1) is 14.0. The quantitative estimate of drug-likeness (QED) is 0.568. The van der Waals surface area contributed by atoms with Gasteiger partial charge in [-0.15, -0.1) is 6.42 Å². The van der Waals surface area contributed by atoms with Gasteiger partial charge in [-0.25, -0.2) is 4.98 Å². The van der Waals surface area contributed by atoms with E-state index in [1.165, 1.54) is 0 Å². The number of amides is 1. The Balaban J connectivity index is 1.55. The zero-order valence-corrected chi connectivity index (χ0v) is 16.5. The van der Waals surface area contributed by atoms with Crippen molar-refractivity contribution >= 4 is 18.2 Å². The van der Waals surface area contributed by atoms with Crippen molar-refractivity contribution in [1.82, 2.24) is 15.2 Å². The van der Waals surface area contributed by atoms with Gasteiger partial charge in [-0.05, 0) is 38.7 Å². The van der Waals surface area contributed by atoms with E-state index >= 15 is 0 Å². The highest BCUT2D eigenvalue weighted by atomic mass is 16.5. The molecule has 1 N–H and O–H groups in total. The van der Waals surface area contributed by atoms with E-state index in [0.717, 1.165) is 31.7 Å². The highest BCUT2D eigenvalue weighted by Crippen LogP contribution is 2.27. The Kier molecular flexibility index (Phi) is 6.36. The van der Waals surface area contributed by atoms with Crippen LogP contribution in [0.25, 0.3) is 0 Å². The third-order valence-corrected chi connectivity index (χ3v) is 5.77. The number of pyridine rings is 1. The first-order valence-electron chi connectivity index (χ1n) is 9.73. The number of hydrogen-bond acceptors (Lipinski definition) is 7. The molecule has 8 heteroatoms. The number of carbonyl (C=O) groups is 2. The Labute approximate surface area is 170 Å². The first kappa shape index (κ1) is 20.6. The van der Waals surface area contributed by atoms with E-state index in [2.05, 4.69) is 34.1 Å². The van der Waals surface area contributed by atoms with Crippen molar-refractivity contribution in [2.75, 3.05) is 24.5 Å². The van der Waals surface area contributed by atoms with E-state index in [0.29, 0.717) is 25.1 Å². The number of piperidine rings is 1. The van der Waals surface area contributed by atoms with Crippen molar-refractivity contribution in [2.24, 2.45) is 0 Å². The zero-order valence-electron chi connectivity index (χ0n) is 16.5. The number of anilines is 1. The second-order valence-corrected chi connectivity index (χ2v) is 7.67. The van der Waals surface area contributed by atoms with Crippen molar-refractivity contribution < 1.29 is 14.3 Å². The summed E-state index contributed by atoms with van der Waals surface area (Å²) < 4.78 is 4.89. The first-order valence-corrected chi connectivity index (χ1v) is 9.73. The van der Waals surface area contributed by atoms with Crippen LogP contribution in [0.4, 0.5) is 5.82 Å². The summed E-state index contributed by atoms with van der Waals surface area (Å²) in [4.78, 5) is 31.3. The van der Waals surface area contributed by atoms with E-state index in [1.54, 1.807) is 23.2 Å². The van der Waals surface area contributed by atoms with Crippen LogP contribution in [0.5, 0.6) is 5.75 Å². The molecule has 1 amide bonds. The van der Waals surface area contributed by atoms with Crippen LogP contribution >= 0.6 is 0 Å². The molecule has 29 heavy (non-hydrogen) atoms. The minimum atomic E-state index is -0.438. The van der Waals surface area contributed by atoms with Crippen LogP contribution < -0.4 is 15.0 Å². The van der Waals surface area contributed by atoms with Crippen molar-refractivity contribution in [3.05, 3.63) is 18.3 Å². The normalized spacial score (nSPS) is 23.1. The maximum atomic E-state index is 12.7. The monoisotopic (exact) mass is 395 g/mol. The van der Waals surface area contributed by atoms with Crippen LogP contribution in [-0.4, -0.2) is 59.5 Å². The van der Waals surface area contributed by atoms with Crippen molar-refractivity contribution in [3.8, 4) is 24.2 Å². The van der Waals surface area contributed by atoms with Gasteiger partial charge in [-0.3, -0.25) is 9.59 Å². The number of terminal acetylenes is 1. The maximum Gasteiger partial charge on any atom is 0.298 e. The lowest BCUT2D eigenvalue weighted by atomic mass is 9.89. The molecule has 2 aliphatic rings. The molecule has 0 aromatic carbocycles. The van der Waals surface area contributed by atoms with Crippen molar-refractivity contribution in [2.45, 2.75) is 50.2 Å². The molecule has 2 aliphatic heterocycles. The zero-order chi connectivity index (χ0) is 20.9. The number of nitriles is 1. The van der Waals surface area contributed by atoms with E-state index in [-0.39, 0.29) is 24.0 Å². The molecule has 0 spiro atoms. The lowest BCUT2D eigenvalue weighted by Crippen LogP contribution is -2.55. The molecule has 0 aliphatic carbocycles. The van der Waals surface area contributed by atoms with Gasteiger partial charge in [0.05, 0.1) is 18.7 Å². The smallest absolute Gasteiger partial charge is 0.298 e. The van der Waals surface area contributed by atoms with Gasteiger partial charge in [0, 0.05) is 30.9 Å². The molecule has 2 atom stereocenters. The fourth-order valence-electron chi connectivity index (χ4n) is 3.94. The Hall–Kier alpha value is -3.10. The van der Waals surface area contributed by atoms with Crippen LogP contribution in [0.1, 0.15) is 32.6 Å². The molecule has 2 fully saturated rings. The fourth-order valence-corrected chi connectivity index (χ4v) is 3.94. The second-order valence-electron chi connectivity index (χ2n) is 7.67. The SMILES string of the molecule is C#C[C@H]1CC[C@@H](C#N)N1C(=O)CNC1(C)CCN(c2cc(OC=O)ccn2)CC1. The van der Waals surface area contributed by atoms with Gasteiger partial charge < -0.3 is 19.9 Å². The summed E-state index contributed by atoms with van der Waals surface area (Å²) in [6.45, 7) is 4.17. The minimum Gasteiger partial charge on any atom is -0.429 e. The van der Waals surface area contributed by atoms with Gasteiger partial charge in [-0.1, -0.05) is 5.92 Å². The lowest BCUT2D eigenvalue weighted by Gasteiger charge is -2.41. The Morgan fingerprint density at radius 2 is 2.17 bits per heavy atom. The third-order valence-electron chi connectivity index (χ3n) is 5.77. The second kappa shape index (κ2) is 8.93. The highest BCUT2D eigenvalue weighted by Gasteiger charge is 2.37. The Morgan fingerprint density at radius 1 is 1.45 bits per heavy atom. The highest BCUT2D eigenvalue weighted by molar-refractivity contribution is 5.80. The molecule has 1 aromatic heterocycles. The van der Waals surface area contributed by atoms with Crippen LogP contribution in [0.15, 0.2) is 18.3 Å². The lowest BCUT2D eigenvalue weighted by molar-refractivity contribution is -0.131. The van der Waals surface area contributed by atoms with Gasteiger partial charge >= 0.3 is 0 Å². The van der Waals surface area contributed by atoms with Gasteiger partial charge in [0.15, 0.2) is 0 Å². The van der Waals surface area contributed by atoms with Gasteiger partial charge in [-0.2, -0.15) is 5.26 Å². The number of hydrogen-bond donors (Lipinski definition) is 1. The van der Waals surface area contributed by atoms with Crippen LogP contribution in [0, 0.1) is 23.7 Å².